The minimum Gasteiger partial charge on any atom is -0.486 e. The Morgan fingerprint density at radius 2 is 1.90 bits per heavy atom. The lowest BCUT2D eigenvalue weighted by molar-refractivity contribution is 0.149. The van der Waals surface area contributed by atoms with Crippen molar-refractivity contribution in [2.45, 2.75) is 19.1 Å². The Bertz CT molecular complexity index is 600. The molecule has 1 unspecified atom stereocenters. The summed E-state index contributed by atoms with van der Waals surface area (Å²) < 4.78 is 5.94. The molecule has 4 heteroatoms. The molecule has 21 heavy (non-hydrogen) atoms. The van der Waals surface area contributed by atoms with Crippen molar-refractivity contribution >= 4 is 17.3 Å². The van der Waals surface area contributed by atoms with Crippen LogP contribution in [0.3, 0.4) is 0 Å². The van der Waals surface area contributed by atoms with E-state index in [0.29, 0.717) is 6.42 Å². The number of hydrogen-bond acceptors (Lipinski definition) is 3. The van der Waals surface area contributed by atoms with Crippen LogP contribution in [0.15, 0.2) is 48.5 Å². The maximum Gasteiger partial charge on any atom is 0.143 e. The highest BCUT2D eigenvalue weighted by molar-refractivity contribution is 6.30. The molecule has 0 saturated carbocycles. The van der Waals surface area contributed by atoms with Gasteiger partial charge in [-0.05, 0) is 29.8 Å². The Balaban J connectivity index is 1.84. The Labute approximate surface area is 129 Å². The van der Waals surface area contributed by atoms with E-state index in [-0.39, 0.29) is 12.7 Å². The van der Waals surface area contributed by atoms with Crippen LogP contribution in [0.2, 0.25) is 5.02 Å². The molecule has 3 nitrogen and oxygen atoms in total. The summed E-state index contributed by atoms with van der Waals surface area (Å²) in [6.45, 7) is 1.72. The molecule has 0 aliphatic carbocycles. The fourth-order valence-corrected chi connectivity index (χ4v) is 2.76. The van der Waals surface area contributed by atoms with Crippen molar-refractivity contribution in [3.63, 3.8) is 0 Å². The minimum absolute atomic E-state index is 0.0252. The monoisotopic (exact) mass is 303 g/mol. The number of rotatable bonds is 4. The first-order valence-corrected chi connectivity index (χ1v) is 7.50. The predicted molar refractivity (Wildman–Crippen MR) is 85.1 cm³/mol. The second-order valence-corrected chi connectivity index (χ2v) is 5.66. The van der Waals surface area contributed by atoms with Crippen molar-refractivity contribution in [2.75, 3.05) is 18.1 Å². The summed E-state index contributed by atoms with van der Waals surface area (Å²) in [6.07, 6.45) is 0.669. The molecule has 3 rings (SSSR count). The van der Waals surface area contributed by atoms with Crippen LogP contribution in [0, 0.1) is 0 Å². The number of aliphatic hydroxyl groups is 1. The largest absolute Gasteiger partial charge is 0.486 e. The number of aliphatic hydroxyl groups excluding tert-OH is 1. The number of halogens is 1. The van der Waals surface area contributed by atoms with Gasteiger partial charge in [0.1, 0.15) is 11.9 Å². The first kappa shape index (κ1) is 14.2. The quantitative estimate of drug-likeness (QED) is 0.938. The van der Waals surface area contributed by atoms with Gasteiger partial charge in [0.25, 0.3) is 0 Å². The average Bonchev–Trinajstić information content (AvgIpc) is 2.50. The van der Waals surface area contributed by atoms with Gasteiger partial charge in [-0.25, -0.2) is 0 Å². The van der Waals surface area contributed by atoms with Crippen LogP contribution >= 0.6 is 11.6 Å². The molecule has 1 atom stereocenters. The molecule has 0 amide bonds. The number of para-hydroxylation sites is 2. The summed E-state index contributed by atoms with van der Waals surface area (Å²) in [5.74, 6) is 0.885. The Hall–Kier alpha value is -1.71. The molecule has 1 aliphatic rings. The SMILES string of the molecule is OCCC1CN(Cc2ccc(Cl)cc2)c2ccccc2O1. The second-order valence-electron chi connectivity index (χ2n) is 5.23. The van der Waals surface area contributed by atoms with Crippen molar-refractivity contribution in [2.24, 2.45) is 0 Å². The first-order chi connectivity index (χ1) is 10.3. The van der Waals surface area contributed by atoms with Crippen LogP contribution in [-0.2, 0) is 6.54 Å². The summed E-state index contributed by atoms with van der Waals surface area (Å²) in [7, 11) is 0. The molecule has 0 saturated heterocycles. The van der Waals surface area contributed by atoms with Crippen LogP contribution in [0.4, 0.5) is 5.69 Å². The van der Waals surface area contributed by atoms with Gasteiger partial charge in [-0.1, -0.05) is 35.9 Å². The minimum atomic E-state index is 0.0252. The maximum absolute atomic E-state index is 9.16. The Kier molecular flexibility index (Phi) is 4.32. The van der Waals surface area contributed by atoms with Gasteiger partial charge in [-0.3, -0.25) is 0 Å². The number of fused-ring (bicyclic) bond motifs is 1. The Morgan fingerprint density at radius 1 is 1.14 bits per heavy atom. The van der Waals surface area contributed by atoms with Gasteiger partial charge in [0.05, 0.1) is 12.2 Å². The molecular weight excluding hydrogens is 286 g/mol. The van der Waals surface area contributed by atoms with E-state index in [2.05, 4.69) is 11.0 Å². The van der Waals surface area contributed by atoms with Crippen LogP contribution in [0.5, 0.6) is 5.75 Å². The summed E-state index contributed by atoms with van der Waals surface area (Å²) in [5.41, 5.74) is 2.31. The van der Waals surface area contributed by atoms with E-state index < -0.39 is 0 Å². The van der Waals surface area contributed by atoms with Crippen molar-refractivity contribution in [3.8, 4) is 5.75 Å². The molecule has 0 bridgehead atoms. The highest BCUT2D eigenvalue weighted by atomic mass is 35.5. The van der Waals surface area contributed by atoms with Crippen molar-refractivity contribution in [1.29, 1.82) is 0 Å². The van der Waals surface area contributed by atoms with Crippen molar-refractivity contribution in [1.82, 2.24) is 0 Å². The summed E-state index contributed by atoms with van der Waals surface area (Å²) >= 11 is 5.94. The van der Waals surface area contributed by atoms with E-state index in [9.17, 15) is 0 Å². The van der Waals surface area contributed by atoms with Crippen molar-refractivity contribution in [3.05, 3.63) is 59.1 Å². The predicted octanol–water partition coefficient (Wildman–Crippen LogP) is 3.49. The van der Waals surface area contributed by atoms with Gasteiger partial charge in [0, 0.05) is 24.6 Å². The molecule has 0 spiro atoms. The normalized spacial score (nSPS) is 17.2. The molecule has 1 aliphatic heterocycles. The zero-order valence-corrected chi connectivity index (χ0v) is 12.5. The van der Waals surface area contributed by atoms with E-state index in [1.807, 2.05) is 42.5 Å². The molecule has 2 aromatic rings. The highest BCUT2D eigenvalue weighted by Gasteiger charge is 2.24. The smallest absolute Gasteiger partial charge is 0.143 e. The second kappa shape index (κ2) is 6.37. The summed E-state index contributed by atoms with van der Waals surface area (Å²) in [5, 5.41) is 9.91. The topological polar surface area (TPSA) is 32.7 Å². The molecule has 0 fully saturated rings. The standard InChI is InChI=1S/C17H18ClNO2/c18-14-7-5-13(6-8-14)11-19-12-15(9-10-20)21-17-4-2-1-3-16(17)19/h1-8,15,20H,9-12H2. The lowest BCUT2D eigenvalue weighted by Crippen LogP contribution is -2.40. The fraction of sp³-hybridized carbons (Fsp3) is 0.294. The third kappa shape index (κ3) is 3.31. The number of benzene rings is 2. The van der Waals surface area contributed by atoms with Gasteiger partial charge < -0.3 is 14.7 Å². The molecule has 110 valence electrons. The molecule has 1 N–H and O–H groups in total. The van der Waals surface area contributed by atoms with E-state index in [1.165, 1.54) is 5.56 Å². The lowest BCUT2D eigenvalue weighted by Gasteiger charge is -2.36. The number of hydrogen-bond donors (Lipinski definition) is 1. The third-order valence-corrected chi connectivity index (χ3v) is 3.91. The molecule has 0 aromatic heterocycles. The van der Waals surface area contributed by atoms with E-state index in [4.69, 9.17) is 21.4 Å². The molecule has 1 heterocycles. The van der Waals surface area contributed by atoms with Crippen LogP contribution in [0.25, 0.3) is 0 Å². The van der Waals surface area contributed by atoms with Gasteiger partial charge in [0.15, 0.2) is 0 Å². The molecule has 2 aromatic carbocycles. The van der Waals surface area contributed by atoms with Crippen LogP contribution in [0.1, 0.15) is 12.0 Å². The number of nitrogens with zero attached hydrogens (tertiary/aromatic N) is 1. The third-order valence-electron chi connectivity index (χ3n) is 3.66. The molecule has 0 radical (unpaired) electrons. The van der Waals surface area contributed by atoms with E-state index in [1.54, 1.807) is 0 Å². The summed E-state index contributed by atoms with van der Waals surface area (Å²) in [4.78, 5) is 2.29. The number of ether oxygens (including phenoxy) is 1. The summed E-state index contributed by atoms with van der Waals surface area (Å²) in [6, 6.07) is 15.9. The van der Waals surface area contributed by atoms with Gasteiger partial charge in [-0.2, -0.15) is 0 Å². The number of anilines is 1. The van der Waals surface area contributed by atoms with Gasteiger partial charge >= 0.3 is 0 Å². The van der Waals surface area contributed by atoms with E-state index >= 15 is 0 Å². The Morgan fingerprint density at radius 3 is 2.67 bits per heavy atom. The van der Waals surface area contributed by atoms with Crippen LogP contribution in [-0.4, -0.2) is 24.4 Å². The maximum atomic E-state index is 9.16. The van der Waals surface area contributed by atoms with Gasteiger partial charge in [-0.15, -0.1) is 0 Å². The van der Waals surface area contributed by atoms with Crippen molar-refractivity contribution < 1.29 is 9.84 Å². The highest BCUT2D eigenvalue weighted by Crippen LogP contribution is 2.34. The van der Waals surface area contributed by atoms with Crippen LogP contribution < -0.4 is 9.64 Å². The van der Waals surface area contributed by atoms with Gasteiger partial charge in [0.2, 0.25) is 0 Å². The zero-order chi connectivity index (χ0) is 14.7. The fourth-order valence-electron chi connectivity index (χ4n) is 2.63. The average molecular weight is 304 g/mol. The first-order valence-electron chi connectivity index (χ1n) is 7.12. The zero-order valence-electron chi connectivity index (χ0n) is 11.7. The molecular formula is C17H18ClNO2. The lowest BCUT2D eigenvalue weighted by atomic mass is 10.1. The van der Waals surface area contributed by atoms with E-state index in [0.717, 1.165) is 29.5 Å².